The van der Waals surface area contributed by atoms with Crippen LogP contribution in [0.15, 0.2) is 29.2 Å². The second-order valence-electron chi connectivity index (χ2n) is 3.74. The Kier molecular flexibility index (Phi) is 4.34. The summed E-state index contributed by atoms with van der Waals surface area (Å²) in [4.78, 5) is 11.8. The molecule has 2 rings (SSSR count). The van der Waals surface area contributed by atoms with Crippen LogP contribution in [0.4, 0.5) is 0 Å². The maximum atomic E-state index is 11.8. The van der Waals surface area contributed by atoms with Crippen molar-refractivity contribution >= 4 is 34.8 Å². The number of aromatic nitrogens is 2. The van der Waals surface area contributed by atoms with Crippen molar-refractivity contribution in [1.29, 1.82) is 0 Å². The van der Waals surface area contributed by atoms with Crippen molar-refractivity contribution in [3.05, 3.63) is 55.4 Å². The largest absolute Gasteiger partial charge is 0.495 e. The monoisotopic (exact) mass is 318 g/mol. The van der Waals surface area contributed by atoms with Gasteiger partial charge in [-0.2, -0.15) is 5.10 Å². The molecular weight excluding hydrogens is 311 g/mol. The Hall–Kier alpha value is -1.23. The van der Waals surface area contributed by atoms with Gasteiger partial charge in [-0.3, -0.25) is 4.79 Å². The van der Waals surface area contributed by atoms with Crippen molar-refractivity contribution in [2.24, 2.45) is 0 Å². The maximum absolute atomic E-state index is 11.8. The van der Waals surface area contributed by atoms with E-state index in [9.17, 15) is 4.79 Å². The van der Waals surface area contributed by atoms with Crippen LogP contribution < -0.4 is 10.3 Å². The van der Waals surface area contributed by atoms with Gasteiger partial charge in [0.15, 0.2) is 0 Å². The molecule has 19 heavy (non-hydrogen) atoms. The van der Waals surface area contributed by atoms with E-state index in [2.05, 4.69) is 5.10 Å². The fraction of sp³-hybridized carbons (Fsp3) is 0.167. The summed E-state index contributed by atoms with van der Waals surface area (Å²) >= 11 is 17.5. The number of ether oxygens (including phenoxy) is 1. The zero-order valence-electron chi connectivity index (χ0n) is 9.86. The molecule has 1 heterocycles. The third kappa shape index (κ3) is 3.03. The highest BCUT2D eigenvalue weighted by molar-refractivity contribution is 6.41. The molecule has 0 saturated carbocycles. The maximum Gasteiger partial charge on any atom is 0.287 e. The second kappa shape index (κ2) is 5.82. The third-order valence-electron chi connectivity index (χ3n) is 2.49. The fourth-order valence-corrected chi connectivity index (χ4v) is 2.09. The Morgan fingerprint density at radius 1 is 1.26 bits per heavy atom. The standard InChI is InChI=1S/C12H9Cl3N2O2/c1-19-10-3-2-7(4-8(10)13)6-17-12(18)11(15)9(14)5-16-17/h2-5H,6H2,1H3. The van der Waals surface area contributed by atoms with E-state index in [4.69, 9.17) is 39.5 Å². The quantitative estimate of drug-likeness (QED) is 0.872. The summed E-state index contributed by atoms with van der Waals surface area (Å²) in [5, 5.41) is 4.48. The molecule has 0 aliphatic carbocycles. The average molecular weight is 320 g/mol. The normalized spacial score (nSPS) is 10.5. The van der Waals surface area contributed by atoms with Gasteiger partial charge in [-0.15, -0.1) is 0 Å². The zero-order valence-corrected chi connectivity index (χ0v) is 12.1. The first kappa shape index (κ1) is 14.2. The van der Waals surface area contributed by atoms with E-state index in [1.807, 2.05) is 0 Å². The van der Waals surface area contributed by atoms with E-state index in [1.54, 1.807) is 18.2 Å². The van der Waals surface area contributed by atoms with Crippen molar-refractivity contribution in [2.45, 2.75) is 6.54 Å². The summed E-state index contributed by atoms with van der Waals surface area (Å²) in [7, 11) is 1.53. The highest BCUT2D eigenvalue weighted by Crippen LogP contribution is 2.25. The van der Waals surface area contributed by atoms with Crippen molar-refractivity contribution in [1.82, 2.24) is 9.78 Å². The SMILES string of the molecule is COc1ccc(Cn2ncc(Cl)c(Cl)c2=O)cc1Cl. The van der Waals surface area contributed by atoms with Gasteiger partial charge in [0.05, 0.1) is 29.9 Å². The zero-order chi connectivity index (χ0) is 14.0. The van der Waals surface area contributed by atoms with Crippen molar-refractivity contribution < 1.29 is 4.74 Å². The van der Waals surface area contributed by atoms with Crippen LogP contribution >= 0.6 is 34.8 Å². The molecule has 0 saturated heterocycles. The lowest BCUT2D eigenvalue weighted by molar-refractivity contribution is 0.415. The van der Waals surface area contributed by atoms with Gasteiger partial charge in [0, 0.05) is 0 Å². The molecule has 1 aromatic carbocycles. The number of hydrogen-bond donors (Lipinski definition) is 0. The molecule has 0 atom stereocenters. The number of methoxy groups -OCH3 is 1. The molecular formula is C12H9Cl3N2O2. The van der Waals surface area contributed by atoms with Gasteiger partial charge in [-0.1, -0.05) is 40.9 Å². The molecule has 0 aliphatic rings. The number of halogens is 3. The lowest BCUT2D eigenvalue weighted by Crippen LogP contribution is -2.23. The summed E-state index contributed by atoms with van der Waals surface area (Å²) in [6, 6.07) is 5.22. The van der Waals surface area contributed by atoms with E-state index in [0.717, 1.165) is 5.56 Å². The summed E-state index contributed by atoms with van der Waals surface area (Å²) in [6.45, 7) is 0.249. The predicted molar refractivity (Wildman–Crippen MR) is 75.6 cm³/mol. The lowest BCUT2D eigenvalue weighted by Gasteiger charge is -2.08. The Morgan fingerprint density at radius 3 is 2.63 bits per heavy atom. The Bertz CT molecular complexity index is 671. The minimum atomic E-state index is -0.443. The van der Waals surface area contributed by atoms with Crippen LogP contribution in [0, 0.1) is 0 Å². The molecule has 4 nitrogen and oxygen atoms in total. The van der Waals surface area contributed by atoms with Gasteiger partial charge in [-0.25, -0.2) is 4.68 Å². The molecule has 7 heteroatoms. The van der Waals surface area contributed by atoms with Crippen LogP contribution in [0.25, 0.3) is 0 Å². The Morgan fingerprint density at radius 2 is 2.00 bits per heavy atom. The van der Waals surface area contributed by atoms with Crippen LogP contribution in [0.3, 0.4) is 0 Å². The van der Waals surface area contributed by atoms with Gasteiger partial charge < -0.3 is 4.74 Å². The summed E-state index contributed by atoms with van der Waals surface area (Å²) in [6.07, 6.45) is 1.33. The molecule has 0 radical (unpaired) electrons. The van der Waals surface area contributed by atoms with Gasteiger partial charge in [0.2, 0.25) is 0 Å². The fourth-order valence-electron chi connectivity index (χ4n) is 1.54. The van der Waals surface area contributed by atoms with Gasteiger partial charge >= 0.3 is 0 Å². The molecule has 1 aromatic heterocycles. The van der Waals surface area contributed by atoms with E-state index in [0.29, 0.717) is 10.8 Å². The van der Waals surface area contributed by atoms with Crippen LogP contribution in [-0.4, -0.2) is 16.9 Å². The first-order valence-corrected chi connectivity index (χ1v) is 6.40. The summed E-state index contributed by atoms with van der Waals surface area (Å²) < 4.78 is 6.27. The first-order chi connectivity index (χ1) is 9.02. The summed E-state index contributed by atoms with van der Waals surface area (Å²) in [5.74, 6) is 0.569. The average Bonchev–Trinajstić information content (AvgIpc) is 2.40. The smallest absolute Gasteiger partial charge is 0.287 e. The Balaban J connectivity index is 2.34. The minimum Gasteiger partial charge on any atom is -0.495 e. The number of nitrogens with zero attached hydrogens (tertiary/aromatic N) is 2. The van der Waals surface area contributed by atoms with Crippen LogP contribution in [0.1, 0.15) is 5.56 Å². The predicted octanol–water partition coefficient (Wildman–Crippen LogP) is 3.26. The topological polar surface area (TPSA) is 44.1 Å². The Labute approximate surface area is 124 Å². The van der Waals surface area contributed by atoms with E-state index in [1.165, 1.54) is 18.0 Å². The molecule has 0 N–H and O–H groups in total. The molecule has 0 bridgehead atoms. The number of hydrogen-bond acceptors (Lipinski definition) is 3. The third-order valence-corrected chi connectivity index (χ3v) is 3.53. The molecule has 100 valence electrons. The molecule has 0 unspecified atom stereocenters. The molecule has 0 amide bonds. The van der Waals surface area contributed by atoms with Crippen molar-refractivity contribution in [2.75, 3.05) is 7.11 Å². The number of benzene rings is 1. The highest BCUT2D eigenvalue weighted by Gasteiger charge is 2.09. The first-order valence-electron chi connectivity index (χ1n) is 5.26. The van der Waals surface area contributed by atoms with Gasteiger partial charge in [0.1, 0.15) is 10.8 Å². The van der Waals surface area contributed by atoms with Crippen LogP contribution in [0.5, 0.6) is 5.75 Å². The van der Waals surface area contributed by atoms with Crippen molar-refractivity contribution in [3.63, 3.8) is 0 Å². The molecule has 0 fully saturated rings. The van der Waals surface area contributed by atoms with Crippen molar-refractivity contribution in [3.8, 4) is 5.75 Å². The lowest BCUT2D eigenvalue weighted by atomic mass is 10.2. The van der Waals surface area contributed by atoms with Crippen LogP contribution in [-0.2, 0) is 6.54 Å². The number of rotatable bonds is 3. The molecule has 2 aromatic rings. The molecule has 0 aliphatic heterocycles. The minimum absolute atomic E-state index is 0.0451. The van der Waals surface area contributed by atoms with Gasteiger partial charge in [-0.05, 0) is 17.7 Å². The second-order valence-corrected chi connectivity index (χ2v) is 4.93. The van der Waals surface area contributed by atoms with Crippen LogP contribution in [0.2, 0.25) is 15.1 Å². The van der Waals surface area contributed by atoms with E-state index >= 15 is 0 Å². The summed E-state index contributed by atoms with van der Waals surface area (Å²) in [5.41, 5.74) is 0.361. The van der Waals surface area contributed by atoms with E-state index < -0.39 is 5.56 Å². The highest BCUT2D eigenvalue weighted by atomic mass is 35.5. The van der Waals surface area contributed by atoms with E-state index in [-0.39, 0.29) is 16.6 Å². The van der Waals surface area contributed by atoms with Gasteiger partial charge in [0.25, 0.3) is 5.56 Å². The molecule has 0 spiro atoms.